The van der Waals surface area contributed by atoms with Gasteiger partial charge < -0.3 is 5.32 Å². The maximum atomic E-state index is 12.3. The van der Waals surface area contributed by atoms with Crippen molar-refractivity contribution < 1.29 is 4.79 Å². The van der Waals surface area contributed by atoms with E-state index in [1.54, 1.807) is 12.1 Å². The van der Waals surface area contributed by atoms with Crippen LogP contribution in [0.2, 0.25) is 5.15 Å². The second-order valence-corrected chi connectivity index (χ2v) is 7.27. The van der Waals surface area contributed by atoms with E-state index >= 15 is 0 Å². The van der Waals surface area contributed by atoms with Crippen LogP contribution in [0, 0.1) is 16.7 Å². The molecule has 2 aliphatic carbocycles. The van der Waals surface area contributed by atoms with Gasteiger partial charge in [-0.15, -0.1) is 10.2 Å². The highest BCUT2D eigenvalue weighted by Gasteiger charge is 2.61. The number of hydrogen-bond donors (Lipinski definition) is 1. The summed E-state index contributed by atoms with van der Waals surface area (Å²) in [6, 6.07) is 3.43. The smallest absolute Gasteiger partial charge is 0.272 e. The molecule has 1 aromatic heterocycles. The van der Waals surface area contributed by atoms with Gasteiger partial charge in [0, 0.05) is 6.04 Å². The molecule has 0 spiro atoms. The zero-order valence-corrected chi connectivity index (χ0v) is 12.9. The molecule has 4 nitrogen and oxygen atoms in total. The lowest BCUT2D eigenvalue weighted by atomic mass is 9.69. The molecular weight excluding hydrogens is 274 g/mol. The number of fused-ring (bicyclic) bond motifs is 2. The van der Waals surface area contributed by atoms with Gasteiger partial charge in [0.2, 0.25) is 0 Å². The Balaban J connectivity index is 1.76. The molecule has 1 amide bonds. The van der Waals surface area contributed by atoms with Crippen LogP contribution < -0.4 is 5.32 Å². The maximum Gasteiger partial charge on any atom is 0.272 e. The molecule has 1 aromatic rings. The minimum Gasteiger partial charge on any atom is -0.347 e. The zero-order chi connectivity index (χ0) is 14.5. The van der Waals surface area contributed by atoms with Gasteiger partial charge in [-0.2, -0.15) is 0 Å². The number of aromatic nitrogens is 2. The molecular formula is C15H20ClN3O. The van der Waals surface area contributed by atoms with Gasteiger partial charge >= 0.3 is 0 Å². The third-order valence-electron chi connectivity index (χ3n) is 5.96. The average molecular weight is 294 g/mol. The predicted octanol–water partition coefficient (Wildman–Crippen LogP) is 3.07. The number of nitrogens with one attached hydrogen (secondary N) is 1. The summed E-state index contributed by atoms with van der Waals surface area (Å²) in [6.45, 7) is 6.97. The molecule has 108 valence electrons. The first-order chi connectivity index (χ1) is 9.34. The Morgan fingerprint density at radius 2 is 2.10 bits per heavy atom. The fourth-order valence-electron chi connectivity index (χ4n) is 4.09. The molecule has 2 fully saturated rings. The van der Waals surface area contributed by atoms with Crippen molar-refractivity contribution in [2.75, 3.05) is 0 Å². The summed E-state index contributed by atoms with van der Waals surface area (Å²) in [5, 5.41) is 11.0. The van der Waals surface area contributed by atoms with E-state index in [4.69, 9.17) is 11.6 Å². The van der Waals surface area contributed by atoms with Gasteiger partial charge in [0.25, 0.3) is 5.91 Å². The lowest BCUT2D eigenvalue weighted by molar-refractivity contribution is 0.0820. The van der Waals surface area contributed by atoms with Crippen molar-refractivity contribution in [2.24, 2.45) is 16.7 Å². The molecule has 1 heterocycles. The zero-order valence-electron chi connectivity index (χ0n) is 12.1. The van der Waals surface area contributed by atoms with E-state index in [1.165, 1.54) is 12.8 Å². The molecule has 3 rings (SSSR count). The van der Waals surface area contributed by atoms with Crippen LogP contribution in [0.3, 0.4) is 0 Å². The standard InChI is InChI=1S/C15H20ClN3O/c1-14(2)9-6-7-15(14,3)11(8-9)17-13(20)10-4-5-12(16)19-18-10/h4-5,9,11H,6-8H2,1-3H3,(H,17,20). The molecule has 0 aromatic carbocycles. The summed E-state index contributed by atoms with van der Waals surface area (Å²) in [6.07, 6.45) is 3.52. The average Bonchev–Trinajstić information content (AvgIpc) is 2.72. The van der Waals surface area contributed by atoms with E-state index in [2.05, 4.69) is 36.3 Å². The number of carbonyl (C=O) groups is 1. The molecule has 2 saturated carbocycles. The van der Waals surface area contributed by atoms with E-state index < -0.39 is 0 Å². The minimum atomic E-state index is -0.149. The molecule has 5 heteroatoms. The number of amides is 1. The second kappa shape index (κ2) is 4.42. The third kappa shape index (κ3) is 1.85. The normalized spacial score (nSPS) is 34.2. The van der Waals surface area contributed by atoms with Gasteiger partial charge in [-0.05, 0) is 48.1 Å². The van der Waals surface area contributed by atoms with Crippen LogP contribution in [0.1, 0.15) is 50.5 Å². The predicted molar refractivity (Wildman–Crippen MR) is 77.5 cm³/mol. The van der Waals surface area contributed by atoms with Crippen molar-refractivity contribution in [2.45, 2.75) is 46.1 Å². The highest BCUT2D eigenvalue weighted by molar-refractivity contribution is 6.29. The van der Waals surface area contributed by atoms with E-state index in [-0.39, 0.29) is 22.8 Å². The van der Waals surface area contributed by atoms with Crippen molar-refractivity contribution in [3.63, 3.8) is 0 Å². The molecule has 3 atom stereocenters. The summed E-state index contributed by atoms with van der Waals surface area (Å²) in [7, 11) is 0. The molecule has 0 aliphatic heterocycles. The molecule has 1 N–H and O–H groups in total. The Bertz CT molecular complexity index is 543. The molecule has 0 saturated heterocycles. The number of carbonyl (C=O) groups excluding carboxylic acids is 1. The van der Waals surface area contributed by atoms with E-state index in [0.29, 0.717) is 16.8 Å². The van der Waals surface area contributed by atoms with Crippen molar-refractivity contribution in [1.29, 1.82) is 0 Å². The number of nitrogens with zero attached hydrogens (tertiary/aromatic N) is 2. The fourth-order valence-corrected chi connectivity index (χ4v) is 4.19. The second-order valence-electron chi connectivity index (χ2n) is 6.88. The van der Waals surface area contributed by atoms with Gasteiger partial charge in [-0.1, -0.05) is 32.4 Å². The van der Waals surface area contributed by atoms with Crippen LogP contribution in [0.15, 0.2) is 12.1 Å². The van der Waals surface area contributed by atoms with E-state index in [0.717, 1.165) is 6.42 Å². The number of halogens is 1. The Hall–Kier alpha value is -1.16. The maximum absolute atomic E-state index is 12.3. The van der Waals surface area contributed by atoms with Crippen LogP contribution in [-0.4, -0.2) is 22.1 Å². The van der Waals surface area contributed by atoms with Gasteiger partial charge in [-0.3, -0.25) is 4.79 Å². The van der Waals surface area contributed by atoms with Gasteiger partial charge in [-0.25, -0.2) is 0 Å². The van der Waals surface area contributed by atoms with Crippen molar-refractivity contribution >= 4 is 17.5 Å². The van der Waals surface area contributed by atoms with Crippen LogP contribution in [0.4, 0.5) is 0 Å². The fraction of sp³-hybridized carbons (Fsp3) is 0.667. The van der Waals surface area contributed by atoms with E-state index in [1.807, 2.05) is 0 Å². The van der Waals surface area contributed by atoms with Gasteiger partial charge in [0.05, 0.1) is 0 Å². The Labute approximate surface area is 124 Å². The molecule has 2 aliphatic rings. The lowest BCUT2D eigenvalue weighted by Gasteiger charge is -2.39. The highest BCUT2D eigenvalue weighted by atomic mass is 35.5. The summed E-state index contributed by atoms with van der Waals surface area (Å²) < 4.78 is 0. The van der Waals surface area contributed by atoms with E-state index in [9.17, 15) is 4.79 Å². The molecule has 0 radical (unpaired) electrons. The monoisotopic (exact) mass is 293 g/mol. The van der Waals surface area contributed by atoms with Crippen molar-refractivity contribution in [3.8, 4) is 0 Å². The van der Waals surface area contributed by atoms with Crippen LogP contribution in [0.25, 0.3) is 0 Å². The molecule has 2 bridgehead atoms. The summed E-state index contributed by atoms with van der Waals surface area (Å²) in [4.78, 5) is 12.3. The largest absolute Gasteiger partial charge is 0.347 e. The quantitative estimate of drug-likeness (QED) is 0.912. The minimum absolute atomic E-state index is 0.149. The molecule has 3 unspecified atom stereocenters. The Morgan fingerprint density at radius 3 is 2.60 bits per heavy atom. The van der Waals surface area contributed by atoms with Gasteiger partial charge in [0.1, 0.15) is 0 Å². The molecule has 20 heavy (non-hydrogen) atoms. The van der Waals surface area contributed by atoms with Crippen molar-refractivity contribution in [3.05, 3.63) is 23.0 Å². The van der Waals surface area contributed by atoms with Crippen LogP contribution in [-0.2, 0) is 0 Å². The number of hydrogen-bond acceptors (Lipinski definition) is 3. The summed E-state index contributed by atoms with van der Waals surface area (Å²) >= 11 is 5.69. The Kier molecular flexibility index (Phi) is 3.05. The van der Waals surface area contributed by atoms with Gasteiger partial charge in [0.15, 0.2) is 10.8 Å². The first-order valence-electron chi connectivity index (χ1n) is 7.15. The third-order valence-corrected chi connectivity index (χ3v) is 6.17. The summed E-state index contributed by atoms with van der Waals surface area (Å²) in [5.74, 6) is 0.554. The first-order valence-corrected chi connectivity index (χ1v) is 7.52. The van der Waals surface area contributed by atoms with Crippen molar-refractivity contribution in [1.82, 2.24) is 15.5 Å². The number of rotatable bonds is 2. The SMILES string of the molecule is CC1(C)C2CCC1(C)C(NC(=O)c1ccc(Cl)nn1)C2. The van der Waals surface area contributed by atoms with Crippen LogP contribution in [0.5, 0.6) is 0 Å². The highest BCUT2D eigenvalue weighted by Crippen LogP contribution is 2.65. The lowest BCUT2D eigenvalue weighted by Crippen LogP contribution is -2.47. The first kappa shape index (κ1) is 13.8. The Morgan fingerprint density at radius 1 is 1.35 bits per heavy atom. The topological polar surface area (TPSA) is 54.9 Å². The summed E-state index contributed by atoms with van der Waals surface area (Å²) in [5.41, 5.74) is 0.794. The van der Waals surface area contributed by atoms with Crippen LogP contribution >= 0.6 is 11.6 Å².